The number of carbonyl (C=O) groups is 3. The summed E-state index contributed by atoms with van der Waals surface area (Å²) in [4.78, 5) is 40.4. The molecular weight excluding hydrogens is 344 g/mol. The normalized spacial score (nSPS) is 19.6. The fourth-order valence-corrected chi connectivity index (χ4v) is 3.57. The zero-order valence-electron chi connectivity index (χ0n) is 15.1. The molecule has 1 saturated heterocycles. The molecule has 0 aliphatic carbocycles. The predicted octanol–water partition coefficient (Wildman–Crippen LogP) is 2.52. The summed E-state index contributed by atoms with van der Waals surface area (Å²) in [6, 6.07) is 16.8. The van der Waals surface area contributed by atoms with E-state index in [4.69, 9.17) is 0 Å². The van der Waals surface area contributed by atoms with Gasteiger partial charge in [-0.05, 0) is 31.2 Å². The molecule has 6 heteroatoms. The number of nitrogens with zero attached hydrogens (tertiary/aromatic N) is 2. The Kier molecular flexibility index (Phi) is 5.54. The van der Waals surface area contributed by atoms with Gasteiger partial charge in [0.2, 0.25) is 0 Å². The molecular formula is C21H22N2O4. The van der Waals surface area contributed by atoms with Gasteiger partial charge in [-0.2, -0.15) is 0 Å². The Morgan fingerprint density at radius 1 is 0.889 bits per heavy atom. The first-order valence-electron chi connectivity index (χ1n) is 8.91. The fourth-order valence-electron chi connectivity index (χ4n) is 3.57. The highest BCUT2D eigenvalue weighted by atomic mass is 16.4. The molecule has 2 amide bonds. The summed E-state index contributed by atoms with van der Waals surface area (Å²) < 4.78 is 0. The van der Waals surface area contributed by atoms with Crippen LogP contribution in [-0.4, -0.2) is 57.9 Å². The van der Waals surface area contributed by atoms with E-state index in [1.165, 1.54) is 0 Å². The molecule has 0 aromatic heterocycles. The lowest BCUT2D eigenvalue weighted by atomic mass is 10.0. The molecule has 2 aromatic rings. The van der Waals surface area contributed by atoms with Gasteiger partial charge in [-0.15, -0.1) is 0 Å². The monoisotopic (exact) mass is 366 g/mol. The van der Waals surface area contributed by atoms with Crippen molar-refractivity contribution in [1.82, 2.24) is 9.80 Å². The average Bonchev–Trinajstić information content (AvgIpc) is 2.67. The Balaban J connectivity index is 1.85. The van der Waals surface area contributed by atoms with Gasteiger partial charge < -0.3 is 14.9 Å². The van der Waals surface area contributed by atoms with Crippen molar-refractivity contribution >= 4 is 17.8 Å². The van der Waals surface area contributed by atoms with Crippen LogP contribution in [0.25, 0.3) is 0 Å². The Bertz CT molecular complexity index is 823. The molecule has 1 fully saturated rings. The highest BCUT2D eigenvalue weighted by Gasteiger charge is 2.38. The summed E-state index contributed by atoms with van der Waals surface area (Å²) in [6.07, 6.45) is -0.207. The van der Waals surface area contributed by atoms with Gasteiger partial charge in [0.25, 0.3) is 11.8 Å². The third kappa shape index (κ3) is 4.16. The van der Waals surface area contributed by atoms with Gasteiger partial charge in [-0.1, -0.05) is 36.4 Å². The number of hydrogen-bond acceptors (Lipinski definition) is 3. The quantitative estimate of drug-likeness (QED) is 0.902. The summed E-state index contributed by atoms with van der Waals surface area (Å²) in [5, 5.41) is 9.32. The van der Waals surface area contributed by atoms with Gasteiger partial charge in [0.15, 0.2) is 0 Å². The van der Waals surface area contributed by atoms with Gasteiger partial charge >= 0.3 is 5.97 Å². The molecule has 3 rings (SSSR count). The van der Waals surface area contributed by atoms with Crippen molar-refractivity contribution in [1.29, 1.82) is 0 Å². The van der Waals surface area contributed by atoms with Crippen molar-refractivity contribution in [3.63, 3.8) is 0 Å². The van der Waals surface area contributed by atoms with Crippen LogP contribution < -0.4 is 0 Å². The number of benzene rings is 2. The average molecular weight is 366 g/mol. The van der Waals surface area contributed by atoms with Crippen LogP contribution in [0.3, 0.4) is 0 Å². The minimum Gasteiger partial charge on any atom is -0.481 e. The van der Waals surface area contributed by atoms with Crippen LogP contribution in [0.15, 0.2) is 60.7 Å². The number of rotatable bonds is 4. The lowest BCUT2D eigenvalue weighted by Gasteiger charge is -2.45. The van der Waals surface area contributed by atoms with Gasteiger partial charge in [0.05, 0.1) is 12.5 Å². The van der Waals surface area contributed by atoms with E-state index < -0.39 is 12.0 Å². The smallest absolute Gasteiger partial charge is 0.305 e. The van der Waals surface area contributed by atoms with Crippen LogP contribution in [0.4, 0.5) is 0 Å². The van der Waals surface area contributed by atoms with Gasteiger partial charge in [0.1, 0.15) is 0 Å². The Labute approximate surface area is 158 Å². The summed E-state index contributed by atoms with van der Waals surface area (Å²) in [7, 11) is 0. The molecule has 0 saturated carbocycles. The largest absolute Gasteiger partial charge is 0.481 e. The molecule has 140 valence electrons. The molecule has 1 N–H and O–H groups in total. The SMILES string of the molecule is C[C@H]1CN(C(=O)c2ccccc2)C[C@@H](CC(=O)O)N1C(=O)c1ccccc1. The van der Waals surface area contributed by atoms with E-state index in [1.807, 2.05) is 19.1 Å². The number of hydrogen-bond donors (Lipinski definition) is 1. The minimum atomic E-state index is -0.993. The van der Waals surface area contributed by atoms with Gasteiger partial charge in [-0.3, -0.25) is 14.4 Å². The topological polar surface area (TPSA) is 77.9 Å². The lowest BCUT2D eigenvalue weighted by Crippen LogP contribution is -2.61. The molecule has 6 nitrogen and oxygen atoms in total. The maximum Gasteiger partial charge on any atom is 0.305 e. The third-order valence-electron chi connectivity index (χ3n) is 4.76. The second-order valence-corrected chi connectivity index (χ2v) is 6.76. The Hall–Kier alpha value is -3.15. The van der Waals surface area contributed by atoms with Crippen LogP contribution in [0.1, 0.15) is 34.1 Å². The first-order chi connectivity index (χ1) is 13.0. The number of piperazine rings is 1. The van der Waals surface area contributed by atoms with E-state index in [0.717, 1.165) is 0 Å². The molecule has 1 heterocycles. The molecule has 1 aliphatic rings. The van der Waals surface area contributed by atoms with Gasteiger partial charge in [0, 0.05) is 30.3 Å². The number of carboxylic acid groups (broad SMARTS) is 1. The van der Waals surface area contributed by atoms with E-state index in [-0.39, 0.29) is 30.8 Å². The summed E-state index contributed by atoms with van der Waals surface area (Å²) in [5.41, 5.74) is 1.07. The lowest BCUT2D eigenvalue weighted by molar-refractivity contribution is -0.138. The Morgan fingerprint density at radius 2 is 1.41 bits per heavy atom. The van der Waals surface area contributed by atoms with Crippen LogP contribution in [0.5, 0.6) is 0 Å². The van der Waals surface area contributed by atoms with E-state index in [9.17, 15) is 19.5 Å². The van der Waals surface area contributed by atoms with Crippen LogP contribution in [-0.2, 0) is 4.79 Å². The number of carbonyl (C=O) groups excluding carboxylic acids is 2. The predicted molar refractivity (Wildman–Crippen MR) is 100 cm³/mol. The first kappa shape index (κ1) is 18.6. The first-order valence-corrected chi connectivity index (χ1v) is 8.91. The summed E-state index contributed by atoms with van der Waals surface area (Å²) >= 11 is 0. The molecule has 2 atom stereocenters. The molecule has 0 radical (unpaired) electrons. The molecule has 0 spiro atoms. The fraction of sp³-hybridized carbons (Fsp3) is 0.286. The van der Waals surface area contributed by atoms with Crippen molar-refractivity contribution in [2.75, 3.05) is 13.1 Å². The standard InChI is InChI=1S/C21H22N2O4/c1-15-13-22(20(26)16-8-4-2-5-9-16)14-18(12-19(24)25)23(15)21(27)17-10-6-3-7-11-17/h2-11,15,18H,12-14H2,1H3,(H,24,25)/t15-,18+/m0/s1. The van der Waals surface area contributed by atoms with Crippen molar-refractivity contribution < 1.29 is 19.5 Å². The van der Waals surface area contributed by atoms with Crippen LogP contribution >= 0.6 is 0 Å². The van der Waals surface area contributed by atoms with Crippen molar-refractivity contribution in [3.8, 4) is 0 Å². The van der Waals surface area contributed by atoms with Crippen molar-refractivity contribution in [2.24, 2.45) is 0 Å². The van der Waals surface area contributed by atoms with Gasteiger partial charge in [-0.25, -0.2) is 0 Å². The molecule has 2 aromatic carbocycles. The zero-order chi connectivity index (χ0) is 19.4. The highest BCUT2D eigenvalue weighted by Crippen LogP contribution is 2.23. The third-order valence-corrected chi connectivity index (χ3v) is 4.76. The number of carboxylic acids is 1. The number of aliphatic carboxylic acids is 1. The van der Waals surface area contributed by atoms with E-state index in [2.05, 4.69) is 0 Å². The maximum atomic E-state index is 13.0. The molecule has 0 unspecified atom stereocenters. The van der Waals surface area contributed by atoms with Crippen LogP contribution in [0, 0.1) is 0 Å². The summed E-state index contributed by atoms with van der Waals surface area (Å²) in [6.45, 7) is 2.41. The molecule has 0 bridgehead atoms. The molecule has 1 aliphatic heterocycles. The maximum absolute atomic E-state index is 13.0. The van der Waals surface area contributed by atoms with Crippen molar-refractivity contribution in [2.45, 2.75) is 25.4 Å². The summed E-state index contributed by atoms with van der Waals surface area (Å²) in [5.74, 6) is -1.35. The van der Waals surface area contributed by atoms with E-state index in [1.54, 1.807) is 58.3 Å². The van der Waals surface area contributed by atoms with Crippen molar-refractivity contribution in [3.05, 3.63) is 71.8 Å². The van der Waals surface area contributed by atoms with E-state index in [0.29, 0.717) is 17.7 Å². The molecule has 27 heavy (non-hydrogen) atoms. The zero-order valence-corrected chi connectivity index (χ0v) is 15.1. The minimum absolute atomic E-state index is 0.148. The Morgan fingerprint density at radius 3 is 1.93 bits per heavy atom. The van der Waals surface area contributed by atoms with Crippen LogP contribution in [0.2, 0.25) is 0 Å². The van der Waals surface area contributed by atoms with E-state index >= 15 is 0 Å². The second kappa shape index (κ2) is 8.03. The number of amides is 2. The second-order valence-electron chi connectivity index (χ2n) is 6.76. The highest BCUT2D eigenvalue weighted by molar-refractivity contribution is 5.96.